The van der Waals surface area contributed by atoms with Crippen molar-refractivity contribution in [3.63, 3.8) is 0 Å². The molecule has 7 nitrogen and oxygen atoms in total. The van der Waals surface area contributed by atoms with E-state index < -0.39 is 0 Å². The molecule has 2 aromatic rings. The molecule has 0 bridgehead atoms. The number of amides is 1. The number of thiazole rings is 1. The number of hydrogen-bond acceptors (Lipinski definition) is 7. The number of nitrogens with zero attached hydrogens (tertiary/aromatic N) is 2. The Morgan fingerprint density at radius 3 is 2.77 bits per heavy atom. The average molecular weight is 433 g/mol. The van der Waals surface area contributed by atoms with E-state index >= 15 is 0 Å². The number of ketones is 1. The van der Waals surface area contributed by atoms with Crippen molar-refractivity contribution in [1.82, 2.24) is 9.88 Å². The van der Waals surface area contributed by atoms with E-state index in [2.05, 4.69) is 4.98 Å². The predicted octanol–water partition coefficient (Wildman–Crippen LogP) is 3.21. The molecule has 3 rings (SSSR count). The Labute approximate surface area is 181 Å². The maximum Gasteiger partial charge on any atom is 0.266 e. The van der Waals surface area contributed by atoms with Gasteiger partial charge in [-0.3, -0.25) is 4.79 Å². The molecule has 1 aromatic heterocycles. The van der Waals surface area contributed by atoms with Crippen LogP contribution in [-0.2, 0) is 16.0 Å². The summed E-state index contributed by atoms with van der Waals surface area (Å²) in [4.78, 5) is 30.9. The van der Waals surface area contributed by atoms with Crippen molar-refractivity contribution in [1.29, 1.82) is 0 Å². The van der Waals surface area contributed by atoms with E-state index in [1.54, 1.807) is 18.9 Å². The first kappa shape index (κ1) is 22.2. The van der Waals surface area contributed by atoms with Crippen LogP contribution < -0.4 is 9.47 Å². The summed E-state index contributed by atoms with van der Waals surface area (Å²) in [7, 11) is 1.59. The fourth-order valence-electron chi connectivity index (χ4n) is 3.37. The first-order valence-corrected chi connectivity index (χ1v) is 10.8. The highest BCUT2D eigenvalue weighted by molar-refractivity contribution is 7.13. The third-order valence-electron chi connectivity index (χ3n) is 4.94. The highest BCUT2D eigenvalue weighted by Gasteiger charge is 2.28. The van der Waals surface area contributed by atoms with Crippen LogP contribution in [-0.4, -0.2) is 61.1 Å². The zero-order valence-corrected chi connectivity index (χ0v) is 18.7. The number of benzene rings is 1. The number of Topliss-reactive ketones (excluding diaryl/α,β-unsaturated/α-hetero) is 1. The maximum atomic E-state index is 12.9. The molecule has 0 N–H and O–H groups in total. The van der Waals surface area contributed by atoms with Crippen molar-refractivity contribution >= 4 is 23.0 Å². The van der Waals surface area contributed by atoms with Crippen molar-refractivity contribution in [2.24, 2.45) is 0 Å². The lowest BCUT2D eigenvalue weighted by atomic mass is 10.1. The minimum atomic E-state index is -0.223. The molecule has 0 saturated carbocycles. The first-order valence-electron chi connectivity index (χ1n) is 10.0. The molecule has 30 heavy (non-hydrogen) atoms. The topological polar surface area (TPSA) is 78.0 Å². The second kappa shape index (κ2) is 10.0. The number of carbonyl (C=O) groups is 2. The largest absolute Gasteiger partial charge is 0.493 e. The van der Waals surface area contributed by atoms with E-state index in [1.165, 1.54) is 11.3 Å². The summed E-state index contributed by atoms with van der Waals surface area (Å²) in [6, 6.07) is 5.68. The van der Waals surface area contributed by atoms with Crippen molar-refractivity contribution in [2.45, 2.75) is 39.7 Å². The summed E-state index contributed by atoms with van der Waals surface area (Å²) in [5.74, 6) is 1.39. The lowest BCUT2D eigenvalue weighted by Gasteiger charge is -2.32. The minimum absolute atomic E-state index is 0.00111. The van der Waals surface area contributed by atoms with Crippen LogP contribution in [0.25, 0.3) is 0 Å². The van der Waals surface area contributed by atoms with Crippen LogP contribution in [0.15, 0.2) is 18.2 Å². The van der Waals surface area contributed by atoms with Gasteiger partial charge in [0, 0.05) is 13.0 Å². The molecule has 1 unspecified atom stereocenters. The number of morpholine rings is 1. The summed E-state index contributed by atoms with van der Waals surface area (Å²) < 4.78 is 17.2. The number of ether oxygens (including phenoxy) is 3. The van der Waals surface area contributed by atoms with Crippen molar-refractivity contribution in [3.8, 4) is 11.5 Å². The number of rotatable bonds is 8. The Kier molecular flexibility index (Phi) is 7.44. The third-order valence-corrected chi connectivity index (χ3v) is 6.00. The lowest BCUT2D eigenvalue weighted by Crippen LogP contribution is -2.47. The van der Waals surface area contributed by atoms with Gasteiger partial charge in [-0.15, -0.1) is 11.3 Å². The van der Waals surface area contributed by atoms with Crippen LogP contribution in [0.5, 0.6) is 11.5 Å². The molecule has 8 heteroatoms. The maximum absolute atomic E-state index is 12.9. The van der Waals surface area contributed by atoms with Gasteiger partial charge < -0.3 is 23.9 Å². The predicted molar refractivity (Wildman–Crippen MR) is 115 cm³/mol. The van der Waals surface area contributed by atoms with Gasteiger partial charge in [-0.05, 0) is 44.9 Å². The van der Waals surface area contributed by atoms with Gasteiger partial charge in [0.2, 0.25) is 0 Å². The van der Waals surface area contributed by atoms with Crippen molar-refractivity contribution in [2.75, 3.05) is 33.4 Å². The molecule has 0 spiro atoms. The lowest BCUT2D eigenvalue weighted by molar-refractivity contribution is -0.116. The quantitative estimate of drug-likeness (QED) is 0.637. The molecule has 162 valence electrons. The van der Waals surface area contributed by atoms with Gasteiger partial charge in [-0.2, -0.15) is 0 Å². The molecule has 2 heterocycles. The minimum Gasteiger partial charge on any atom is -0.493 e. The molecule has 1 aliphatic heterocycles. The Bertz CT molecular complexity index is 911. The number of methoxy groups -OCH3 is 1. The highest BCUT2D eigenvalue weighted by Crippen LogP contribution is 2.29. The number of carbonyl (C=O) groups excluding carboxylic acids is 2. The molecule has 0 aliphatic carbocycles. The molecule has 1 aromatic carbocycles. The van der Waals surface area contributed by atoms with Gasteiger partial charge in [-0.1, -0.05) is 6.07 Å². The standard InChI is InChI=1S/C22H28N2O5S/c1-14(25)5-6-17-7-8-19(20(11-17)27-4)29-13-18-12-24(9-10-28-18)22(26)21-15(2)23-16(3)30-21/h7-8,11,18H,5-6,9-10,12-13H2,1-4H3. The molecule has 0 radical (unpaired) electrons. The van der Waals surface area contributed by atoms with Crippen LogP contribution in [0.2, 0.25) is 0 Å². The average Bonchev–Trinajstić information content (AvgIpc) is 3.08. The molecular formula is C22H28N2O5S. The van der Waals surface area contributed by atoms with E-state index in [0.717, 1.165) is 16.3 Å². The fourth-order valence-corrected chi connectivity index (χ4v) is 4.26. The molecule has 1 fully saturated rings. The Balaban J connectivity index is 1.59. The first-order chi connectivity index (χ1) is 14.4. The van der Waals surface area contributed by atoms with Gasteiger partial charge in [0.1, 0.15) is 23.4 Å². The summed E-state index contributed by atoms with van der Waals surface area (Å²) in [6.45, 7) is 7.16. The number of hydrogen-bond donors (Lipinski definition) is 0. The van der Waals surface area contributed by atoms with Crippen LogP contribution in [0.1, 0.15) is 39.3 Å². The molecular weight excluding hydrogens is 404 g/mol. The molecule has 1 saturated heterocycles. The summed E-state index contributed by atoms with van der Waals surface area (Å²) in [5, 5.41) is 0.892. The fraction of sp³-hybridized carbons (Fsp3) is 0.500. The Morgan fingerprint density at radius 2 is 2.10 bits per heavy atom. The SMILES string of the molecule is COc1cc(CCC(C)=O)ccc1OCC1CN(C(=O)c2sc(C)nc2C)CCO1. The smallest absolute Gasteiger partial charge is 0.266 e. The monoisotopic (exact) mass is 432 g/mol. The van der Waals surface area contributed by atoms with Crippen molar-refractivity contribution in [3.05, 3.63) is 39.3 Å². The van der Waals surface area contributed by atoms with E-state index in [0.29, 0.717) is 55.5 Å². The van der Waals surface area contributed by atoms with Gasteiger partial charge >= 0.3 is 0 Å². The summed E-state index contributed by atoms with van der Waals surface area (Å²) >= 11 is 1.43. The highest BCUT2D eigenvalue weighted by atomic mass is 32.1. The number of aryl methyl sites for hydroxylation is 3. The molecule has 1 amide bonds. The number of aromatic nitrogens is 1. The van der Waals surface area contributed by atoms with Crippen LogP contribution in [0, 0.1) is 13.8 Å². The Hall–Kier alpha value is -2.45. The zero-order chi connectivity index (χ0) is 21.7. The normalized spacial score (nSPS) is 16.4. The second-order valence-corrected chi connectivity index (χ2v) is 8.59. The second-order valence-electron chi connectivity index (χ2n) is 7.39. The van der Waals surface area contributed by atoms with Gasteiger partial charge in [0.15, 0.2) is 11.5 Å². The Morgan fingerprint density at radius 1 is 1.30 bits per heavy atom. The zero-order valence-electron chi connectivity index (χ0n) is 17.9. The van der Waals surface area contributed by atoms with E-state index in [1.807, 2.05) is 32.0 Å². The summed E-state index contributed by atoms with van der Waals surface area (Å²) in [5.41, 5.74) is 1.80. The van der Waals surface area contributed by atoms with Crippen LogP contribution in [0.3, 0.4) is 0 Å². The van der Waals surface area contributed by atoms with Crippen LogP contribution >= 0.6 is 11.3 Å². The molecule has 1 aliphatic rings. The van der Waals surface area contributed by atoms with Gasteiger partial charge in [0.05, 0.1) is 31.0 Å². The summed E-state index contributed by atoms with van der Waals surface area (Å²) in [6.07, 6.45) is 0.951. The van der Waals surface area contributed by atoms with Crippen LogP contribution in [0.4, 0.5) is 0 Å². The van der Waals surface area contributed by atoms with E-state index in [-0.39, 0.29) is 17.8 Å². The van der Waals surface area contributed by atoms with Crippen molar-refractivity contribution < 1.29 is 23.8 Å². The van der Waals surface area contributed by atoms with E-state index in [9.17, 15) is 9.59 Å². The van der Waals surface area contributed by atoms with Gasteiger partial charge in [-0.25, -0.2) is 4.98 Å². The molecule has 1 atom stereocenters. The third kappa shape index (κ3) is 5.58. The van der Waals surface area contributed by atoms with Gasteiger partial charge in [0.25, 0.3) is 5.91 Å². The van der Waals surface area contributed by atoms with E-state index in [4.69, 9.17) is 14.2 Å².